The lowest BCUT2D eigenvalue weighted by atomic mass is 10.1. The highest BCUT2D eigenvalue weighted by atomic mass is 16.4. The predicted octanol–water partition coefficient (Wildman–Crippen LogP) is 1.59. The summed E-state index contributed by atoms with van der Waals surface area (Å²) in [5.74, 6) is -1.06. The Morgan fingerprint density at radius 1 is 1.38 bits per heavy atom. The van der Waals surface area contributed by atoms with Gasteiger partial charge in [-0.15, -0.1) is 5.10 Å². The summed E-state index contributed by atoms with van der Waals surface area (Å²) in [6.45, 7) is 1.94. The lowest BCUT2D eigenvalue weighted by Gasteiger charge is -2.10. The average Bonchev–Trinajstić information content (AvgIpc) is 2.78. The number of hydrogen-bond acceptors (Lipinski definition) is 3. The van der Waals surface area contributed by atoms with E-state index in [2.05, 4.69) is 10.3 Å². The molecule has 1 unspecified atom stereocenters. The van der Waals surface area contributed by atoms with Crippen molar-refractivity contribution in [3.63, 3.8) is 0 Å². The van der Waals surface area contributed by atoms with Crippen molar-refractivity contribution in [1.29, 1.82) is 0 Å². The van der Waals surface area contributed by atoms with E-state index in [9.17, 15) is 4.79 Å². The first kappa shape index (κ1) is 10.4. The SMILES string of the molecule is CC(c1ccccc1)n1cc(C(=O)O)nn1. The van der Waals surface area contributed by atoms with Crippen LogP contribution in [0.5, 0.6) is 0 Å². The molecule has 0 spiro atoms. The van der Waals surface area contributed by atoms with Crippen molar-refractivity contribution in [3.8, 4) is 0 Å². The van der Waals surface area contributed by atoms with Crippen LogP contribution in [0.15, 0.2) is 36.5 Å². The summed E-state index contributed by atoms with van der Waals surface area (Å²) in [6, 6.07) is 9.70. The molecule has 1 heterocycles. The molecule has 0 bridgehead atoms. The number of aromatic carboxylic acids is 1. The minimum atomic E-state index is -1.06. The molecule has 1 atom stereocenters. The Morgan fingerprint density at radius 3 is 2.62 bits per heavy atom. The predicted molar refractivity (Wildman–Crippen MR) is 57.2 cm³/mol. The van der Waals surface area contributed by atoms with Crippen molar-refractivity contribution in [2.75, 3.05) is 0 Å². The molecule has 0 amide bonds. The van der Waals surface area contributed by atoms with Crippen LogP contribution in [0.4, 0.5) is 0 Å². The van der Waals surface area contributed by atoms with E-state index in [-0.39, 0.29) is 11.7 Å². The number of hydrogen-bond donors (Lipinski definition) is 1. The third-order valence-electron chi connectivity index (χ3n) is 2.41. The maximum Gasteiger partial charge on any atom is 0.358 e. The maximum atomic E-state index is 10.7. The van der Waals surface area contributed by atoms with Crippen molar-refractivity contribution < 1.29 is 9.90 Å². The van der Waals surface area contributed by atoms with Gasteiger partial charge in [0.05, 0.1) is 12.2 Å². The lowest BCUT2D eigenvalue weighted by Crippen LogP contribution is -2.07. The zero-order valence-electron chi connectivity index (χ0n) is 8.74. The van der Waals surface area contributed by atoms with Gasteiger partial charge in [-0.25, -0.2) is 9.48 Å². The van der Waals surface area contributed by atoms with Crippen molar-refractivity contribution in [3.05, 3.63) is 47.8 Å². The van der Waals surface area contributed by atoms with Crippen LogP contribution in [-0.2, 0) is 0 Å². The molecule has 1 aromatic carbocycles. The number of benzene rings is 1. The largest absolute Gasteiger partial charge is 0.476 e. The summed E-state index contributed by atoms with van der Waals surface area (Å²) >= 11 is 0. The van der Waals surface area contributed by atoms with E-state index < -0.39 is 5.97 Å². The van der Waals surface area contributed by atoms with Crippen LogP contribution in [0.3, 0.4) is 0 Å². The van der Waals surface area contributed by atoms with Gasteiger partial charge in [0.2, 0.25) is 0 Å². The fourth-order valence-electron chi connectivity index (χ4n) is 1.45. The Labute approximate surface area is 92.3 Å². The Hall–Kier alpha value is -2.17. The Morgan fingerprint density at radius 2 is 2.06 bits per heavy atom. The fraction of sp³-hybridized carbons (Fsp3) is 0.182. The van der Waals surface area contributed by atoms with Crippen molar-refractivity contribution >= 4 is 5.97 Å². The number of carboxylic acid groups (broad SMARTS) is 1. The first-order valence-electron chi connectivity index (χ1n) is 4.88. The number of carboxylic acids is 1. The van der Waals surface area contributed by atoms with E-state index in [1.807, 2.05) is 37.3 Å². The second-order valence-corrected chi connectivity index (χ2v) is 3.48. The van der Waals surface area contributed by atoms with Crippen LogP contribution in [0.1, 0.15) is 29.0 Å². The molecule has 0 aliphatic heterocycles. The number of rotatable bonds is 3. The summed E-state index contributed by atoms with van der Waals surface area (Å²) in [6.07, 6.45) is 1.43. The van der Waals surface area contributed by atoms with Gasteiger partial charge in [0, 0.05) is 0 Å². The summed E-state index contributed by atoms with van der Waals surface area (Å²) < 4.78 is 1.54. The van der Waals surface area contributed by atoms with Gasteiger partial charge in [-0.05, 0) is 12.5 Å². The molecule has 2 aromatic rings. The molecule has 1 N–H and O–H groups in total. The molecule has 5 heteroatoms. The molecule has 0 aliphatic rings. The van der Waals surface area contributed by atoms with Crippen LogP contribution in [-0.4, -0.2) is 26.1 Å². The zero-order valence-corrected chi connectivity index (χ0v) is 8.74. The molecule has 0 aliphatic carbocycles. The molecule has 5 nitrogen and oxygen atoms in total. The average molecular weight is 217 g/mol. The molecule has 16 heavy (non-hydrogen) atoms. The highest BCUT2D eigenvalue weighted by Gasteiger charge is 2.13. The van der Waals surface area contributed by atoms with Crippen molar-refractivity contribution in [2.45, 2.75) is 13.0 Å². The molecular formula is C11H11N3O2. The van der Waals surface area contributed by atoms with Crippen LogP contribution in [0.2, 0.25) is 0 Å². The molecule has 0 saturated carbocycles. The van der Waals surface area contributed by atoms with E-state index in [1.54, 1.807) is 4.68 Å². The highest BCUT2D eigenvalue weighted by molar-refractivity contribution is 5.84. The van der Waals surface area contributed by atoms with Gasteiger partial charge >= 0.3 is 5.97 Å². The normalized spacial score (nSPS) is 12.3. The van der Waals surface area contributed by atoms with E-state index in [0.29, 0.717) is 0 Å². The lowest BCUT2D eigenvalue weighted by molar-refractivity contribution is 0.0690. The van der Waals surface area contributed by atoms with Gasteiger partial charge in [-0.3, -0.25) is 0 Å². The van der Waals surface area contributed by atoms with E-state index in [4.69, 9.17) is 5.11 Å². The maximum absolute atomic E-state index is 10.7. The molecule has 0 radical (unpaired) electrons. The van der Waals surface area contributed by atoms with Gasteiger partial charge < -0.3 is 5.11 Å². The Kier molecular flexibility index (Phi) is 2.68. The van der Waals surface area contributed by atoms with E-state index in [1.165, 1.54) is 6.20 Å². The third kappa shape index (κ3) is 1.93. The van der Waals surface area contributed by atoms with Gasteiger partial charge in [0.15, 0.2) is 5.69 Å². The minimum Gasteiger partial charge on any atom is -0.476 e. The van der Waals surface area contributed by atoms with E-state index >= 15 is 0 Å². The molecule has 82 valence electrons. The second kappa shape index (κ2) is 4.14. The molecule has 1 aromatic heterocycles. The second-order valence-electron chi connectivity index (χ2n) is 3.48. The fourth-order valence-corrected chi connectivity index (χ4v) is 1.45. The third-order valence-corrected chi connectivity index (χ3v) is 2.41. The van der Waals surface area contributed by atoms with Crippen LogP contribution in [0, 0.1) is 0 Å². The first-order chi connectivity index (χ1) is 7.68. The zero-order chi connectivity index (χ0) is 11.5. The van der Waals surface area contributed by atoms with Gasteiger partial charge in [0.25, 0.3) is 0 Å². The number of nitrogens with zero attached hydrogens (tertiary/aromatic N) is 3. The van der Waals surface area contributed by atoms with Gasteiger partial charge in [-0.2, -0.15) is 0 Å². The minimum absolute atomic E-state index is 0.0261. The quantitative estimate of drug-likeness (QED) is 0.847. The Balaban J connectivity index is 2.27. The summed E-state index contributed by atoms with van der Waals surface area (Å²) in [5, 5.41) is 16.1. The summed E-state index contributed by atoms with van der Waals surface area (Å²) in [5.41, 5.74) is 1.02. The van der Waals surface area contributed by atoms with Gasteiger partial charge in [-0.1, -0.05) is 35.5 Å². The van der Waals surface area contributed by atoms with Crippen LogP contribution in [0.25, 0.3) is 0 Å². The summed E-state index contributed by atoms with van der Waals surface area (Å²) in [7, 11) is 0. The van der Waals surface area contributed by atoms with Crippen molar-refractivity contribution in [2.24, 2.45) is 0 Å². The standard InChI is InChI=1S/C11H11N3O2/c1-8(9-5-3-2-4-6-9)14-7-10(11(15)16)12-13-14/h2-8H,1H3,(H,15,16). The first-order valence-corrected chi connectivity index (χ1v) is 4.88. The number of carbonyl (C=O) groups is 1. The topological polar surface area (TPSA) is 68.0 Å². The molecule has 0 fully saturated rings. The van der Waals surface area contributed by atoms with Crippen LogP contribution < -0.4 is 0 Å². The molecule has 2 rings (SSSR count). The summed E-state index contributed by atoms with van der Waals surface area (Å²) in [4.78, 5) is 10.7. The smallest absolute Gasteiger partial charge is 0.358 e. The number of aromatic nitrogens is 3. The van der Waals surface area contributed by atoms with Crippen molar-refractivity contribution in [1.82, 2.24) is 15.0 Å². The monoisotopic (exact) mass is 217 g/mol. The van der Waals surface area contributed by atoms with E-state index in [0.717, 1.165) is 5.56 Å². The molecular weight excluding hydrogens is 206 g/mol. The van der Waals surface area contributed by atoms with Crippen LogP contribution >= 0.6 is 0 Å². The highest BCUT2D eigenvalue weighted by Crippen LogP contribution is 2.15. The van der Waals surface area contributed by atoms with Gasteiger partial charge in [0.1, 0.15) is 0 Å². The Bertz CT molecular complexity index is 493. The molecule has 0 saturated heterocycles.